The smallest absolute Gasteiger partial charge is 0.459 e. The Balaban J connectivity index is 1.58. The molecule has 2 aromatic heterocycles. The summed E-state index contributed by atoms with van der Waals surface area (Å²) in [4.78, 5) is 43.0. The molecule has 1 aromatic carbocycles. The second kappa shape index (κ2) is 9.20. The molecule has 0 aliphatic carbocycles. The zero-order valence-electron chi connectivity index (χ0n) is 17.0. The van der Waals surface area contributed by atoms with Gasteiger partial charge < -0.3 is 29.2 Å². The largest absolute Gasteiger partial charge is 0.469 e. The number of aliphatic hydroxyl groups excluding tert-OH is 2. The van der Waals surface area contributed by atoms with Gasteiger partial charge in [0.1, 0.15) is 29.8 Å². The van der Waals surface area contributed by atoms with Gasteiger partial charge >= 0.3 is 13.5 Å². The quantitative estimate of drug-likeness (QED) is 0.338. The number of rotatable bonds is 7. The molecule has 0 radical (unpaired) electrons. The minimum atomic E-state index is -4.84. The lowest BCUT2D eigenvalue weighted by atomic mass is 10.1. The molecule has 0 spiro atoms. The molecular weight excluding hydrogens is 459 g/mol. The Morgan fingerprint density at radius 3 is 2.42 bits per heavy atom. The molecule has 13 heteroatoms. The van der Waals surface area contributed by atoms with Crippen LogP contribution in [0.5, 0.6) is 0 Å². The lowest BCUT2D eigenvalue weighted by Gasteiger charge is -2.18. The van der Waals surface area contributed by atoms with Crippen LogP contribution in [-0.4, -0.2) is 54.1 Å². The van der Waals surface area contributed by atoms with Crippen LogP contribution in [0.1, 0.15) is 12.0 Å². The second-order valence-electron chi connectivity index (χ2n) is 7.39. The first-order chi connectivity index (χ1) is 15.6. The third-order valence-electron chi connectivity index (χ3n) is 5.15. The number of benzene rings is 1. The van der Waals surface area contributed by atoms with Gasteiger partial charge in [0.25, 0.3) is 5.56 Å². The zero-order chi connectivity index (χ0) is 23.8. The van der Waals surface area contributed by atoms with Crippen molar-refractivity contribution < 1.29 is 38.2 Å². The maximum atomic E-state index is 13.0. The number of nitrogens with zero attached hydrogens (tertiary/aromatic N) is 2. The SMILES string of the molecule is O=c1ccn([C@@H]2O[C@H](COP(=O)(O)O)C(O)C2O)c(=O)n1Cc1ccc(-c2ccccc2)o1. The molecule has 1 aliphatic rings. The number of ether oxygens (including phenoxy) is 1. The summed E-state index contributed by atoms with van der Waals surface area (Å²) >= 11 is 0. The Morgan fingerprint density at radius 2 is 1.73 bits per heavy atom. The highest BCUT2D eigenvalue weighted by Gasteiger charge is 2.45. The average molecular weight is 480 g/mol. The monoisotopic (exact) mass is 480 g/mol. The molecule has 0 amide bonds. The van der Waals surface area contributed by atoms with Crippen LogP contribution in [0.2, 0.25) is 0 Å². The predicted octanol–water partition coefficient (Wildman–Crippen LogP) is 0.0468. The van der Waals surface area contributed by atoms with Gasteiger partial charge in [0, 0.05) is 17.8 Å². The van der Waals surface area contributed by atoms with Crippen molar-refractivity contribution >= 4 is 7.82 Å². The Labute approximate surface area is 186 Å². The summed E-state index contributed by atoms with van der Waals surface area (Å²) in [7, 11) is -4.84. The Bertz CT molecular complexity index is 1280. The van der Waals surface area contributed by atoms with E-state index in [9.17, 15) is 24.4 Å². The summed E-state index contributed by atoms with van der Waals surface area (Å²) in [5.41, 5.74) is -0.641. The van der Waals surface area contributed by atoms with E-state index in [4.69, 9.17) is 18.9 Å². The number of phosphoric acid groups is 1. The molecule has 3 aromatic rings. The molecule has 4 rings (SSSR count). The topological polar surface area (TPSA) is 174 Å². The highest BCUT2D eigenvalue weighted by Crippen LogP contribution is 2.38. The minimum Gasteiger partial charge on any atom is -0.459 e. The normalized spacial score (nSPS) is 23.2. The first-order valence-corrected chi connectivity index (χ1v) is 11.3. The number of hydrogen-bond donors (Lipinski definition) is 4. The molecule has 176 valence electrons. The maximum Gasteiger partial charge on any atom is 0.469 e. The number of aliphatic hydroxyl groups is 2. The molecule has 1 fully saturated rings. The number of phosphoric ester groups is 1. The van der Waals surface area contributed by atoms with Crippen LogP contribution in [0.4, 0.5) is 0 Å². The summed E-state index contributed by atoms with van der Waals surface area (Å²) in [6, 6.07) is 13.7. The third-order valence-corrected chi connectivity index (χ3v) is 5.63. The summed E-state index contributed by atoms with van der Waals surface area (Å²) in [5.74, 6) is 0.895. The highest BCUT2D eigenvalue weighted by molar-refractivity contribution is 7.46. The van der Waals surface area contributed by atoms with Gasteiger partial charge in [-0.3, -0.25) is 18.5 Å². The fourth-order valence-electron chi connectivity index (χ4n) is 3.51. The maximum absolute atomic E-state index is 13.0. The van der Waals surface area contributed by atoms with E-state index in [0.717, 1.165) is 27.0 Å². The van der Waals surface area contributed by atoms with Crippen molar-refractivity contribution in [2.75, 3.05) is 6.61 Å². The van der Waals surface area contributed by atoms with Gasteiger partial charge in [-0.2, -0.15) is 0 Å². The van der Waals surface area contributed by atoms with Gasteiger partial charge in [-0.05, 0) is 12.1 Å². The molecule has 3 heterocycles. The predicted molar refractivity (Wildman–Crippen MR) is 112 cm³/mol. The van der Waals surface area contributed by atoms with Crippen molar-refractivity contribution in [1.29, 1.82) is 0 Å². The van der Waals surface area contributed by atoms with Gasteiger partial charge in [-0.15, -0.1) is 0 Å². The van der Waals surface area contributed by atoms with Crippen molar-refractivity contribution in [1.82, 2.24) is 9.13 Å². The molecule has 1 aliphatic heterocycles. The van der Waals surface area contributed by atoms with E-state index >= 15 is 0 Å². The van der Waals surface area contributed by atoms with Crippen molar-refractivity contribution in [2.45, 2.75) is 31.1 Å². The van der Waals surface area contributed by atoms with Crippen LogP contribution in [-0.2, 0) is 20.4 Å². The zero-order valence-corrected chi connectivity index (χ0v) is 17.9. The average Bonchev–Trinajstić information content (AvgIpc) is 3.35. The van der Waals surface area contributed by atoms with Crippen molar-refractivity contribution in [3.05, 3.63) is 81.3 Å². The summed E-state index contributed by atoms with van der Waals surface area (Å²) in [6.45, 7) is -0.913. The standard InChI is InChI=1S/C20H21N2O10P/c23-16-8-9-21(19-18(25)17(24)15(32-19)11-30-33(27,28)29)20(26)22(16)10-13-6-7-14(31-13)12-4-2-1-3-5-12/h1-9,15,17-19,24-25H,10-11H2,(H2,27,28,29)/t15-,17?,18?,19-/m1/s1. The number of hydrogen-bond acceptors (Lipinski definition) is 8. The first-order valence-electron chi connectivity index (χ1n) is 9.82. The van der Waals surface area contributed by atoms with Crippen LogP contribution < -0.4 is 11.2 Å². The highest BCUT2D eigenvalue weighted by atomic mass is 31.2. The van der Waals surface area contributed by atoms with E-state index in [-0.39, 0.29) is 6.54 Å². The van der Waals surface area contributed by atoms with Gasteiger partial charge in [-0.1, -0.05) is 30.3 Å². The number of aromatic nitrogens is 2. The van der Waals surface area contributed by atoms with Crippen LogP contribution >= 0.6 is 7.82 Å². The molecule has 33 heavy (non-hydrogen) atoms. The Morgan fingerprint density at radius 1 is 1.00 bits per heavy atom. The van der Waals surface area contributed by atoms with E-state index in [2.05, 4.69) is 4.52 Å². The molecule has 12 nitrogen and oxygen atoms in total. The van der Waals surface area contributed by atoms with Crippen LogP contribution in [0.25, 0.3) is 11.3 Å². The van der Waals surface area contributed by atoms with Crippen LogP contribution in [0, 0.1) is 0 Å². The van der Waals surface area contributed by atoms with Crippen molar-refractivity contribution in [3.8, 4) is 11.3 Å². The summed E-state index contributed by atoms with van der Waals surface area (Å²) < 4.78 is 28.2. The van der Waals surface area contributed by atoms with Crippen LogP contribution in [0.15, 0.2) is 68.7 Å². The van der Waals surface area contributed by atoms with Crippen molar-refractivity contribution in [2.24, 2.45) is 0 Å². The second-order valence-corrected chi connectivity index (χ2v) is 8.63. The Hall–Kier alpha value is -2.83. The molecule has 0 saturated carbocycles. The van der Waals surface area contributed by atoms with Gasteiger partial charge in [-0.25, -0.2) is 9.36 Å². The van der Waals surface area contributed by atoms with E-state index in [1.807, 2.05) is 30.3 Å². The minimum absolute atomic E-state index is 0.193. The lowest BCUT2D eigenvalue weighted by molar-refractivity contribution is -0.0548. The van der Waals surface area contributed by atoms with E-state index in [0.29, 0.717) is 11.5 Å². The summed E-state index contributed by atoms with van der Waals surface area (Å²) in [6.07, 6.45) is -4.84. The molecular formula is C20H21N2O10P. The fraction of sp³-hybridized carbons (Fsp3) is 0.300. The summed E-state index contributed by atoms with van der Waals surface area (Å²) in [5, 5.41) is 20.5. The van der Waals surface area contributed by atoms with Crippen molar-refractivity contribution in [3.63, 3.8) is 0 Å². The van der Waals surface area contributed by atoms with E-state index in [1.165, 1.54) is 0 Å². The lowest BCUT2D eigenvalue weighted by Crippen LogP contribution is -2.43. The number of furan rings is 1. The third kappa shape index (κ3) is 5.07. The first kappa shape index (κ1) is 23.3. The van der Waals surface area contributed by atoms with Gasteiger partial charge in [0.05, 0.1) is 13.2 Å². The van der Waals surface area contributed by atoms with Gasteiger partial charge in [0.2, 0.25) is 0 Å². The molecule has 4 N–H and O–H groups in total. The molecule has 4 atom stereocenters. The Kier molecular flexibility index (Phi) is 6.50. The van der Waals surface area contributed by atoms with E-state index in [1.54, 1.807) is 12.1 Å². The molecule has 1 saturated heterocycles. The van der Waals surface area contributed by atoms with E-state index < -0.39 is 50.2 Å². The molecule has 0 bridgehead atoms. The molecule has 2 unspecified atom stereocenters. The van der Waals surface area contributed by atoms with Crippen LogP contribution in [0.3, 0.4) is 0 Å². The fourth-order valence-corrected chi connectivity index (χ4v) is 3.86. The van der Waals surface area contributed by atoms with Gasteiger partial charge in [0.15, 0.2) is 6.23 Å².